The van der Waals surface area contributed by atoms with Gasteiger partial charge in [-0.05, 0) is 89.9 Å². The smallest absolute Gasteiger partial charge is 0.306 e. The van der Waals surface area contributed by atoms with Crippen molar-refractivity contribution in [3.05, 3.63) is 122 Å². The summed E-state index contributed by atoms with van der Waals surface area (Å²) in [5.74, 6) is -1.01. The van der Waals surface area contributed by atoms with E-state index in [0.29, 0.717) is 19.3 Å². The van der Waals surface area contributed by atoms with Crippen molar-refractivity contribution in [2.75, 3.05) is 13.2 Å². The third-order valence-corrected chi connectivity index (χ3v) is 11.3. The van der Waals surface area contributed by atoms with E-state index in [0.717, 1.165) is 96.3 Å². The Morgan fingerprint density at radius 1 is 0.324 bits per heavy atom. The molecule has 0 bridgehead atoms. The van der Waals surface area contributed by atoms with Gasteiger partial charge in [-0.25, -0.2) is 0 Å². The third-order valence-electron chi connectivity index (χ3n) is 11.3. The fraction of sp³-hybridized carbons (Fsp3) is 0.629. The largest absolute Gasteiger partial charge is 0.462 e. The summed E-state index contributed by atoms with van der Waals surface area (Å²) in [5.41, 5.74) is 0. The van der Waals surface area contributed by atoms with E-state index < -0.39 is 6.10 Å². The summed E-state index contributed by atoms with van der Waals surface area (Å²) in [6.45, 7) is 6.29. The molecule has 0 aromatic rings. The Hall–Kier alpha value is -4.19. The molecule has 0 aliphatic carbocycles. The molecule has 0 aliphatic rings. The maximum atomic E-state index is 12.8. The zero-order valence-corrected chi connectivity index (χ0v) is 43.8. The van der Waals surface area contributed by atoms with Gasteiger partial charge in [-0.15, -0.1) is 0 Å². The molecule has 0 N–H and O–H groups in total. The van der Waals surface area contributed by atoms with Crippen molar-refractivity contribution in [1.29, 1.82) is 0 Å². The quantitative estimate of drug-likeness (QED) is 0.0199. The van der Waals surface area contributed by atoms with Crippen LogP contribution >= 0.6 is 0 Å². The molecule has 384 valence electrons. The van der Waals surface area contributed by atoms with E-state index in [1.165, 1.54) is 89.9 Å². The molecule has 0 amide bonds. The Bertz CT molecular complexity index is 1450. The normalized spacial score (nSPS) is 13.0. The molecule has 68 heavy (non-hydrogen) atoms. The predicted octanol–water partition coefficient (Wildman–Crippen LogP) is 18.5. The first kappa shape index (κ1) is 63.8. The number of rotatable bonds is 48. The van der Waals surface area contributed by atoms with Gasteiger partial charge in [0, 0.05) is 19.3 Å². The maximum absolute atomic E-state index is 12.8. The molecular formula is C62H100O6. The number of hydrogen-bond acceptors (Lipinski definition) is 6. The van der Waals surface area contributed by atoms with Crippen LogP contribution in [0.1, 0.15) is 233 Å². The SMILES string of the molecule is CC\C=C/C=C\C=C/C=C\C=C/CCCC(=O)OCC(COC(=O)CCCCCCCCCCC/C=C\C/C=C\C/C=C\CC)OC(=O)CCCCCCC/C=C\C=C/CCCCCCCCC. The second kappa shape index (κ2) is 55.4. The molecule has 6 heteroatoms. The summed E-state index contributed by atoms with van der Waals surface area (Å²) in [5, 5.41) is 0. The van der Waals surface area contributed by atoms with Crippen molar-refractivity contribution in [1.82, 2.24) is 0 Å². The van der Waals surface area contributed by atoms with E-state index in [9.17, 15) is 14.4 Å². The van der Waals surface area contributed by atoms with Crippen LogP contribution in [0, 0.1) is 0 Å². The predicted molar refractivity (Wildman–Crippen MR) is 293 cm³/mol. The lowest BCUT2D eigenvalue weighted by Crippen LogP contribution is -2.30. The molecule has 0 fully saturated rings. The lowest BCUT2D eigenvalue weighted by atomic mass is 10.1. The van der Waals surface area contributed by atoms with E-state index in [-0.39, 0.29) is 37.5 Å². The van der Waals surface area contributed by atoms with Crippen molar-refractivity contribution >= 4 is 17.9 Å². The molecule has 0 aromatic carbocycles. The molecule has 0 aliphatic heterocycles. The van der Waals surface area contributed by atoms with Crippen LogP contribution in [-0.2, 0) is 28.6 Å². The van der Waals surface area contributed by atoms with Crippen molar-refractivity contribution < 1.29 is 28.6 Å². The lowest BCUT2D eigenvalue weighted by Gasteiger charge is -2.18. The number of allylic oxidation sites excluding steroid dienone is 20. The molecule has 0 aromatic heterocycles. The fourth-order valence-corrected chi connectivity index (χ4v) is 7.24. The Labute approximate surface area is 418 Å². The summed E-state index contributed by atoms with van der Waals surface area (Å²) in [4.78, 5) is 38.1. The van der Waals surface area contributed by atoms with Crippen molar-refractivity contribution in [2.24, 2.45) is 0 Å². The van der Waals surface area contributed by atoms with E-state index in [1.54, 1.807) is 0 Å². The van der Waals surface area contributed by atoms with Gasteiger partial charge in [-0.1, -0.05) is 245 Å². The minimum atomic E-state index is -0.821. The van der Waals surface area contributed by atoms with Gasteiger partial charge in [0.1, 0.15) is 13.2 Å². The zero-order chi connectivity index (χ0) is 49.3. The standard InChI is InChI=1S/C62H100O6/c1-4-7-10-13-16-19-22-25-27-29-31-33-34-37-40-43-46-49-52-55-61(64)67-58-59(57-66-60(63)54-51-48-45-42-39-36-24-21-18-15-12-9-6-3)68-62(65)56-53-50-47-44-41-38-35-32-30-28-26-23-20-17-14-11-8-5-2/h7,9-10,12,15-16,18-19,21,24-25,27-28,30,32,35-36,39,42,45,59H,4-6,8,11,13-14,17,20,22-23,26,29,31,33-34,37-38,40-41,43-44,46-58H2,1-3H3/b10-7-,12-9-,18-15-,19-16-,24-21-,27-25-,30-28-,35-32-,39-36-,45-42-. The topological polar surface area (TPSA) is 78.9 Å². The van der Waals surface area contributed by atoms with Crippen LogP contribution in [0.5, 0.6) is 0 Å². The lowest BCUT2D eigenvalue weighted by molar-refractivity contribution is -0.167. The number of unbranched alkanes of at least 4 members (excludes halogenated alkanes) is 22. The zero-order valence-electron chi connectivity index (χ0n) is 43.8. The summed E-state index contributed by atoms with van der Waals surface area (Å²) in [6.07, 6.45) is 76.2. The van der Waals surface area contributed by atoms with Crippen molar-refractivity contribution in [3.8, 4) is 0 Å². The van der Waals surface area contributed by atoms with Gasteiger partial charge in [0.05, 0.1) is 0 Å². The number of hydrogen-bond donors (Lipinski definition) is 0. The van der Waals surface area contributed by atoms with Crippen LogP contribution in [-0.4, -0.2) is 37.2 Å². The highest BCUT2D eigenvalue weighted by molar-refractivity contribution is 5.71. The molecule has 0 spiro atoms. The second-order valence-electron chi connectivity index (χ2n) is 17.9. The summed E-state index contributed by atoms with van der Waals surface area (Å²) in [6, 6.07) is 0. The van der Waals surface area contributed by atoms with Crippen LogP contribution < -0.4 is 0 Å². The average molecular weight is 941 g/mol. The first-order valence-electron chi connectivity index (χ1n) is 27.6. The van der Waals surface area contributed by atoms with Crippen LogP contribution in [0.25, 0.3) is 0 Å². The van der Waals surface area contributed by atoms with Gasteiger partial charge in [0.2, 0.25) is 0 Å². The van der Waals surface area contributed by atoms with Gasteiger partial charge >= 0.3 is 17.9 Å². The van der Waals surface area contributed by atoms with E-state index in [4.69, 9.17) is 14.2 Å². The number of ether oxygens (including phenoxy) is 3. The minimum Gasteiger partial charge on any atom is -0.462 e. The first-order valence-corrected chi connectivity index (χ1v) is 27.6. The van der Waals surface area contributed by atoms with Crippen LogP contribution in [0.4, 0.5) is 0 Å². The maximum Gasteiger partial charge on any atom is 0.306 e. The summed E-state index contributed by atoms with van der Waals surface area (Å²) >= 11 is 0. The first-order chi connectivity index (χ1) is 33.5. The van der Waals surface area contributed by atoms with Crippen molar-refractivity contribution in [2.45, 2.75) is 239 Å². The molecule has 1 unspecified atom stereocenters. The Balaban J connectivity index is 4.49. The minimum absolute atomic E-state index is 0.113. The molecular weight excluding hydrogens is 841 g/mol. The van der Waals surface area contributed by atoms with E-state index in [2.05, 4.69) is 87.6 Å². The molecule has 1 atom stereocenters. The van der Waals surface area contributed by atoms with Crippen molar-refractivity contribution in [3.63, 3.8) is 0 Å². The van der Waals surface area contributed by atoms with Gasteiger partial charge in [-0.3, -0.25) is 14.4 Å². The van der Waals surface area contributed by atoms with E-state index >= 15 is 0 Å². The molecule has 0 saturated carbocycles. The molecule has 0 saturated heterocycles. The third kappa shape index (κ3) is 52.8. The highest BCUT2D eigenvalue weighted by Crippen LogP contribution is 2.14. The Morgan fingerprint density at radius 3 is 1.15 bits per heavy atom. The average Bonchev–Trinajstić information content (AvgIpc) is 3.34. The molecule has 0 rings (SSSR count). The van der Waals surface area contributed by atoms with Gasteiger partial charge in [0.25, 0.3) is 0 Å². The number of carbonyl (C=O) groups is 3. The highest BCUT2D eigenvalue weighted by Gasteiger charge is 2.19. The number of esters is 3. The number of carbonyl (C=O) groups excluding carboxylic acids is 3. The van der Waals surface area contributed by atoms with Gasteiger partial charge < -0.3 is 14.2 Å². The van der Waals surface area contributed by atoms with Gasteiger partial charge in [0.15, 0.2) is 6.10 Å². The Morgan fingerprint density at radius 2 is 0.662 bits per heavy atom. The molecule has 0 heterocycles. The Kier molecular flexibility index (Phi) is 52.0. The summed E-state index contributed by atoms with van der Waals surface area (Å²) in [7, 11) is 0. The summed E-state index contributed by atoms with van der Waals surface area (Å²) < 4.78 is 16.8. The van der Waals surface area contributed by atoms with E-state index in [1.807, 2.05) is 54.7 Å². The second-order valence-corrected chi connectivity index (χ2v) is 17.9. The molecule has 6 nitrogen and oxygen atoms in total. The van der Waals surface area contributed by atoms with Crippen LogP contribution in [0.2, 0.25) is 0 Å². The highest BCUT2D eigenvalue weighted by atomic mass is 16.6. The fourth-order valence-electron chi connectivity index (χ4n) is 7.24. The molecule has 0 radical (unpaired) electrons. The monoisotopic (exact) mass is 941 g/mol. The van der Waals surface area contributed by atoms with Gasteiger partial charge in [-0.2, -0.15) is 0 Å². The van der Waals surface area contributed by atoms with Crippen LogP contribution in [0.3, 0.4) is 0 Å². The van der Waals surface area contributed by atoms with Crippen LogP contribution in [0.15, 0.2) is 122 Å².